The highest BCUT2D eigenvalue weighted by Gasteiger charge is 2.33. The van der Waals surface area contributed by atoms with Gasteiger partial charge >= 0.3 is 0 Å². The molecule has 2 aromatic carbocycles. The third-order valence-corrected chi connectivity index (χ3v) is 6.74. The third kappa shape index (κ3) is 4.54. The number of carbonyl (C=O) groups excluding carboxylic acids is 1. The van der Waals surface area contributed by atoms with E-state index in [1.165, 1.54) is 4.31 Å². The summed E-state index contributed by atoms with van der Waals surface area (Å²) in [7, 11) is -3.61. The van der Waals surface area contributed by atoms with Crippen molar-refractivity contribution >= 4 is 21.6 Å². The van der Waals surface area contributed by atoms with Gasteiger partial charge in [-0.3, -0.25) is 4.79 Å². The van der Waals surface area contributed by atoms with Crippen LogP contribution in [0.15, 0.2) is 53.4 Å². The highest BCUT2D eigenvalue weighted by molar-refractivity contribution is 7.89. The maximum absolute atomic E-state index is 12.9. The van der Waals surface area contributed by atoms with Crippen LogP contribution in [0.4, 0.5) is 5.69 Å². The van der Waals surface area contributed by atoms with Crippen molar-refractivity contribution < 1.29 is 17.9 Å². The molecule has 0 aromatic heterocycles. The summed E-state index contributed by atoms with van der Waals surface area (Å²) >= 11 is 0. The van der Waals surface area contributed by atoms with Gasteiger partial charge in [-0.25, -0.2) is 8.42 Å². The van der Waals surface area contributed by atoms with Crippen molar-refractivity contribution in [3.63, 3.8) is 0 Å². The number of sulfonamides is 1. The number of hydrogen-bond donors (Lipinski definition) is 1. The van der Waals surface area contributed by atoms with Gasteiger partial charge in [0.1, 0.15) is 5.75 Å². The first kappa shape index (κ1) is 20.4. The average Bonchev–Trinajstić information content (AvgIpc) is 2.70. The van der Waals surface area contributed by atoms with Crippen LogP contribution < -0.4 is 10.1 Å². The minimum atomic E-state index is -3.61. The van der Waals surface area contributed by atoms with E-state index in [9.17, 15) is 13.2 Å². The minimum absolute atomic E-state index is 0.179. The summed E-state index contributed by atoms with van der Waals surface area (Å²) in [4.78, 5) is 13.1. The number of anilines is 1. The highest BCUT2D eigenvalue weighted by atomic mass is 32.2. The molecule has 0 spiro atoms. The molecule has 0 radical (unpaired) electrons. The van der Waals surface area contributed by atoms with Gasteiger partial charge in [-0.1, -0.05) is 29.8 Å². The third-order valence-electron chi connectivity index (χ3n) is 4.86. The lowest BCUT2D eigenvalue weighted by Crippen LogP contribution is -2.43. The summed E-state index contributed by atoms with van der Waals surface area (Å²) in [5, 5.41) is 2.90. The van der Waals surface area contributed by atoms with E-state index in [-0.39, 0.29) is 17.3 Å². The molecule has 0 unspecified atom stereocenters. The zero-order chi connectivity index (χ0) is 20.1. The fourth-order valence-corrected chi connectivity index (χ4v) is 4.84. The molecule has 6 nitrogen and oxygen atoms in total. The van der Waals surface area contributed by atoms with E-state index in [1.807, 2.05) is 26.0 Å². The molecule has 0 aliphatic carbocycles. The Morgan fingerprint density at radius 3 is 2.61 bits per heavy atom. The molecule has 0 bridgehead atoms. The second-order valence-corrected chi connectivity index (χ2v) is 8.87. The molecule has 7 heteroatoms. The van der Waals surface area contributed by atoms with E-state index in [0.717, 1.165) is 5.56 Å². The number of piperidine rings is 1. The average molecular weight is 403 g/mol. The maximum atomic E-state index is 12.9. The van der Waals surface area contributed by atoms with E-state index in [0.29, 0.717) is 37.4 Å². The molecule has 1 aliphatic heterocycles. The van der Waals surface area contributed by atoms with Gasteiger partial charge in [-0.2, -0.15) is 4.31 Å². The Morgan fingerprint density at radius 1 is 1.18 bits per heavy atom. The first-order valence-corrected chi connectivity index (χ1v) is 11.0. The van der Waals surface area contributed by atoms with Gasteiger partial charge in [-0.05, 0) is 51.0 Å². The number of hydrogen-bond acceptors (Lipinski definition) is 4. The lowest BCUT2D eigenvalue weighted by Gasteiger charge is -2.31. The number of para-hydroxylation sites is 2. The quantitative estimate of drug-likeness (QED) is 0.803. The van der Waals surface area contributed by atoms with Gasteiger partial charge in [0.2, 0.25) is 15.9 Å². The Hall–Kier alpha value is -2.38. The minimum Gasteiger partial charge on any atom is -0.492 e. The van der Waals surface area contributed by atoms with Crippen LogP contribution in [0.2, 0.25) is 0 Å². The summed E-state index contributed by atoms with van der Waals surface area (Å²) in [5.74, 6) is 0.0258. The standard InChI is InChI=1S/C21H26N2O4S/c1-3-27-20-9-5-4-8-19(20)22-21(24)17-7-6-14-23(15-17)28(25,26)18-12-10-16(2)11-13-18/h4-5,8-13,17H,3,6-7,14-15H2,1-2H3,(H,22,24)/t17-/m1/s1. The molecule has 1 heterocycles. The van der Waals surface area contributed by atoms with E-state index in [2.05, 4.69) is 5.32 Å². The number of carbonyl (C=O) groups is 1. The zero-order valence-electron chi connectivity index (χ0n) is 16.2. The summed E-state index contributed by atoms with van der Waals surface area (Å²) in [5.41, 5.74) is 1.61. The monoisotopic (exact) mass is 402 g/mol. The van der Waals surface area contributed by atoms with Gasteiger partial charge in [0.15, 0.2) is 0 Å². The number of amides is 1. The largest absolute Gasteiger partial charge is 0.492 e. The van der Waals surface area contributed by atoms with Crippen LogP contribution in [0.5, 0.6) is 5.75 Å². The second kappa shape index (κ2) is 8.75. The van der Waals surface area contributed by atoms with Crippen LogP contribution in [0.1, 0.15) is 25.3 Å². The molecule has 1 saturated heterocycles. The van der Waals surface area contributed by atoms with Crippen LogP contribution in [-0.2, 0) is 14.8 Å². The van der Waals surface area contributed by atoms with Gasteiger partial charge < -0.3 is 10.1 Å². The predicted octanol–water partition coefficient (Wildman–Crippen LogP) is 3.43. The Labute approximate surface area is 166 Å². The van der Waals surface area contributed by atoms with E-state index < -0.39 is 15.9 Å². The van der Waals surface area contributed by atoms with Gasteiger partial charge in [-0.15, -0.1) is 0 Å². The summed E-state index contributed by atoms with van der Waals surface area (Å²) in [6, 6.07) is 14.1. The topological polar surface area (TPSA) is 75.7 Å². The van der Waals surface area contributed by atoms with Crippen molar-refractivity contribution in [2.24, 2.45) is 5.92 Å². The maximum Gasteiger partial charge on any atom is 0.243 e. The molecular formula is C21H26N2O4S. The number of rotatable bonds is 6. The summed E-state index contributed by atoms with van der Waals surface area (Å²) < 4.78 is 32.8. The van der Waals surface area contributed by atoms with E-state index in [1.54, 1.807) is 36.4 Å². The Balaban J connectivity index is 1.72. The van der Waals surface area contributed by atoms with Crippen molar-refractivity contribution in [2.45, 2.75) is 31.6 Å². The Morgan fingerprint density at radius 2 is 1.89 bits per heavy atom. The van der Waals surface area contributed by atoms with Crippen LogP contribution in [0.25, 0.3) is 0 Å². The number of nitrogens with zero attached hydrogens (tertiary/aromatic N) is 1. The smallest absolute Gasteiger partial charge is 0.243 e. The second-order valence-electron chi connectivity index (χ2n) is 6.93. The number of aryl methyl sites for hydroxylation is 1. The molecular weight excluding hydrogens is 376 g/mol. The number of nitrogens with one attached hydrogen (secondary N) is 1. The molecule has 0 saturated carbocycles. The first-order valence-electron chi connectivity index (χ1n) is 9.51. The fraction of sp³-hybridized carbons (Fsp3) is 0.381. The lowest BCUT2D eigenvalue weighted by atomic mass is 9.98. The molecule has 1 amide bonds. The van der Waals surface area contributed by atoms with Crippen LogP contribution in [0, 0.1) is 12.8 Å². The van der Waals surface area contributed by atoms with Crippen molar-refractivity contribution in [1.82, 2.24) is 4.31 Å². The molecule has 28 heavy (non-hydrogen) atoms. The number of ether oxygens (including phenoxy) is 1. The van der Waals surface area contributed by atoms with E-state index in [4.69, 9.17) is 4.74 Å². The molecule has 1 atom stereocenters. The van der Waals surface area contributed by atoms with Gasteiger partial charge in [0, 0.05) is 13.1 Å². The Kier molecular flexibility index (Phi) is 6.36. The molecule has 2 aromatic rings. The van der Waals surface area contributed by atoms with Crippen molar-refractivity contribution in [1.29, 1.82) is 0 Å². The first-order chi connectivity index (χ1) is 13.4. The molecule has 1 N–H and O–H groups in total. The molecule has 150 valence electrons. The SMILES string of the molecule is CCOc1ccccc1NC(=O)[C@@H]1CCCN(S(=O)(=O)c2ccc(C)cc2)C1. The van der Waals surface area contributed by atoms with Crippen molar-refractivity contribution in [2.75, 3.05) is 25.0 Å². The number of benzene rings is 2. The van der Waals surface area contributed by atoms with Crippen LogP contribution >= 0.6 is 0 Å². The van der Waals surface area contributed by atoms with Gasteiger partial charge in [0.05, 0.1) is 23.1 Å². The van der Waals surface area contributed by atoms with Crippen molar-refractivity contribution in [3.05, 3.63) is 54.1 Å². The fourth-order valence-electron chi connectivity index (χ4n) is 3.32. The van der Waals surface area contributed by atoms with Crippen LogP contribution in [-0.4, -0.2) is 38.3 Å². The summed E-state index contributed by atoms with van der Waals surface area (Å²) in [6.45, 7) is 4.90. The van der Waals surface area contributed by atoms with E-state index >= 15 is 0 Å². The lowest BCUT2D eigenvalue weighted by molar-refractivity contribution is -0.120. The van der Waals surface area contributed by atoms with Crippen molar-refractivity contribution in [3.8, 4) is 5.75 Å². The van der Waals surface area contributed by atoms with Crippen LogP contribution in [0.3, 0.4) is 0 Å². The van der Waals surface area contributed by atoms with Gasteiger partial charge in [0.25, 0.3) is 0 Å². The molecule has 1 aliphatic rings. The highest BCUT2D eigenvalue weighted by Crippen LogP contribution is 2.28. The Bertz CT molecular complexity index is 926. The summed E-state index contributed by atoms with van der Waals surface area (Å²) in [6.07, 6.45) is 1.30. The zero-order valence-corrected chi connectivity index (χ0v) is 17.0. The molecule has 1 fully saturated rings. The molecule has 3 rings (SSSR count). The normalized spacial score (nSPS) is 17.9. The predicted molar refractivity (Wildman–Crippen MR) is 109 cm³/mol.